The van der Waals surface area contributed by atoms with Gasteiger partial charge in [0.05, 0.1) is 12.5 Å². The van der Waals surface area contributed by atoms with Crippen LogP contribution in [0.2, 0.25) is 0 Å². The highest BCUT2D eigenvalue weighted by Gasteiger charge is 2.19. The maximum atomic E-state index is 12.6. The summed E-state index contributed by atoms with van der Waals surface area (Å²) in [7, 11) is 0. The molecule has 2 N–H and O–H groups in total. The first kappa shape index (κ1) is 20.3. The van der Waals surface area contributed by atoms with Gasteiger partial charge in [0.25, 0.3) is 5.56 Å². The van der Waals surface area contributed by atoms with E-state index in [-0.39, 0.29) is 17.5 Å². The Morgan fingerprint density at radius 3 is 2.68 bits per heavy atom. The number of H-pyrrole nitrogens is 1. The van der Waals surface area contributed by atoms with Gasteiger partial charge in [-0.25, -0.2) is 0 Å². The number of pyridine rings is 1. The maximum absolute atomic E-state index is 12.6. The van der Waals surface area contributed by atoms with Crippen LogP contribution in [0.15, 0.2) is 46.6 Å². The van der Waals surface area contributed by atoms with Crippen LogP contribution in [0.4, 0.5) is 0 Å². The molecule has 5 nitrogen and oxygen atoms in total. The second-order valence-electron chi connectivity index (χ2n) is 6.94. The monoisotopic (exact) mass is 397 g/mol. The normalized spacial score (nSPS) is 12.4. The minimum absolute atomic E-state index is 0.00853. The number of fused-ring (bicyclic) bond motifs is 1. The summed E-state index contributed by atoms with van der Waals surface area (Å²) in [6.45, 7) is 8.56. The first-order chi connectivity index (χ1) is 13.5. The lowest BCUT2D eigenvalue weighted by Crippen LogP contribution is -2.38. The molecule has 0 saturated heterocycles. The van der Waals surface area contributed by atoms with Crippen LogP contribution in [-0.2, 0) is 11.2 Å². The number of nitrogens with zero attached hydrogens (tertiary/aromatic N) is 1. The van der Waals surface area contributed by atoms with Gasteiger partial charge in [0.1, 0.15) is 0 Å². The van der Waals surface area contributed by atoms with E-state index in [4.69, 9.17) is 0 Å². The topological polar surface area (TPSA) is 65.2 Å². The number of aromatic amines is 1. The molecule has 0 bridgehead atoms. The van der Waals surface area contributed by atoms with Gasteiger partial charge in [-0.15, -0.1) is 11.3 Å². The van der Waals surface area contributed by atoms with Crippen LogP contribution < -0.4 is 10.9 Å². The molecule has 6 heteroatoms. The zero-order valence-electron chi connectivity index (χ0n) is 16.6. The van der Waals surface area contributed by atoms with E-state index in [0.29, 0.717) is 18.5 Å². The Balaban J connectivity index is 1.68. The molecule has 1 atom stereocenters. The van der Waals surface area contributed by atoms with E-state index in [9.17, 15) is 9.59 Å². The number of benzene rings is 1. The summed E-state index contributed by atoms with van der Waals surface area (Å²) in [6.07, 6.45) is 0.323. The molecule has 0 aliphatic rings. The van der Waals surface area contributed by atoms with Gasteiger partial charge in [-0.05, 0) is 60.6 Å². The average Bonchev–Trinajstić information content (AvgIpc) is 3.20. The summed E-state index contributed by atoms with van der Waals surface area (Å²) in [5.74, 6) is 0.00853. The van der Waals surface area contributed by atoms with Crippen LogP contribution in [0, 0.1) is 6.92 Å². The molecule has 1 amide bonds. The van der Waals surface area contributed by atoms with Crippen molar-refractivity contribution in [3.05, 3.63) is 68.1 Å². The summed E-state index contributed by atoms with van der Waals surface area (Å²) >= 11 is 1.73. The van der Waals surface area contributed by atoms with Crippen molar-refractivity contribution in [3.8, 4) is 0 Å². The van der Waals surface area contributed by atoms with E-state index in [0.717, 1.165) is 29.6 Å². The predicted molar refractivity (Wildman–Crippen MR) is 116 cm³/mol. The molecule has 0 saturated carbocycles. The Hall–Kier alpha value is -2.44. The van der Waals surface area contributed by atoms with Crippen molar-refractivity contribution in [1.29, 1.82) is 0 Å². The van der Waals surface area contributed by atoms with E-state index in [1.165, 1.54) is 4.88 Å². The van der Waals surface area contributed by atoms with Gasteiger partial charge in [0.2, 0.25) is 5.91 Å². The smallest absolute Gasteiger partial charge is 0.251 e. The van der Waals surface area contributed by atoms with Crippen molar-refractivity contribution in [2.45, 2.75) is 33.2 Å². The lowest BCUT2D eigenvalue weighted by molar-refractivity contribution is -0.120. The SMILES string of the molecule is CCN(CC)C(CNC(=O)Cc1ccc2[nH]c(=O)c(C)cc2c1)c1cccs1. The molecule has 3 rings (SSSR count). The zero-order chi connectivity index (χ0) is 20.1. The van der Waals surface area contributed by atoms with E-state index in [1.807, 2.05) is 24.3 Å². The van der Waals surface area contributed by atoms with Crippen LogP contribution in [0.3, 0.4) is 0 Å². The fourth-order valence-corrected chi connectivity index (χ4v) is 4.35. The van der Waals surface area contributed by atoms with Crippen LogP contribution in [-0.4, -0.2) is 35.4 Å². The number of carbonyl (C=O) groups excluding carboxylic acids is 1. The number of hydrogen-bond acceptors (Lipinski definition) is 4. The molecule has 2 heterocycles. The standard InChI is InChI=1S/C22H27N3O2S/c1-4-25(5-2)19(20-7-6-10-28-20)14-23-21(26)13-16-8-9-18-17(12-16)11-15(3)22(27)24-18/h6-12,19H,4-5,13-14H2,1-3H3,(H,23,26)(H,24,27). The summed E-state index contributed by atoms with van der Waals surface area (Å²) in [5.41, 5.74) is 2.33. The average molecular weight is 398 g/mol. The molecule has 3 aromatic rings. The molecule has 0 aliphatic heterocycles. The first-order valence-electron chi connectivity index (χ1n) is 9.68. The minimum atomic E-state index is -0.0750. The summed E-state index contributed by atoms with van der Waals surface area (Å²) in [4.78, 5) is 30.8. The number of rotatable bonds is 8. The molecule has 28 heavy (non-hydrogen) atoms. The fraction of sp³-hybridized carbons (Fsp3) is 0.364. The van der Waals surface area contributed by atoms with Crippen molar-refractivity contribution in [2.24, 2.45) is 0 Å². The highest BCUT2D eigenvalue weighted by atomic mass is 32.1. The van der Waals surface area contributed by atoms with E-state index in [1.54, 1.807) is 18.3 Å². The maximum Gasteiger partial charge on any atom is 0.251 e. The van der Waals surface area contributed by atoms with Crippen LogP contribution in [0.25, 0.3) is 10.9 Å². The first-order valence-corrected chi connectivity index (χ1v) is 10.6. The fourth-order valence-electron chi connectivity index (χ4n) is 3.49. The van der Waals surface area contributed by atoms with Crippen molar-refractivity contribution in [2.75, 3.05) is 19.6 Å². The van der Waals surface area contributed by atoms with Crippen molar-refractivity contribution < 1.29 is 4.79 Å². The number of hydrogen-bond donors (Lipinski definition) is 2. The summed E-state index contributed by atoms with van der Waals surface area (Å²) in [6, 6.07) is 12.0. The predicted octanol–water partition coefficient (Wildman–Crippen LogP) is 3.64. The number of aromatic nitrogens is 1. The van der Waals surface area contributed by atoms with Crippen LogP contribution >= 0.6 is 11.3 Å². The molecule has 1 unspecified atom stereocenters. The lowest BCUT2D eigenvalue weighted by Gasteiger charge is -2.29. The highest BCUT2D eigenvalue weighted by molar-refractivity contribution is 7.10. The molecule has 148 valence electrons. The number of thiophene rings is 1. The largest absolute Gasteiger partial charge is 0.354 e. The second kappa shape index (κ2) is 9.17. The van der Waals surface area contributed by atoms with Crippen molar-refractivity contribution in [1.82, 2.24) is 15.2 Å². The molecule has 1 aromatic carbocycles. The van der Waals surface area contributed by atoms with E-state index >= 15 is 0 Å². The van der Waals surface area contributed by atoms with Gasteiger partial charge >= 0.3 is 0 Å². The molecule has 0 radical (unpaired) electrons. The number of nitrogens with one attached hydrogen (secondary N) is 2. The van der Waals surface area contributed by atoms with Gasteiger partial charge in [-0.2, -0.15) is 0 Å². The lowest BCUT2D eigenvalue weighted by atomic mass is 10.1. The van der Waals surface area contributed by atoms with Gasteiger partial charge in [0, 0.05) is 22.5 Å². The highest BCUT2D eigenvalue weighted by Crippen LogP contribution is 2.24. The summed E-state index contributed by atoms with van der Waals surface area (Å²) < 4.78 is 0. The summed E-state index contributed by atoms with van der Waals surface area (Å²) in [5, 5.41) is 6.13. The Kier molecular flexibility index (Phi) is 6.65. The Bertz CT molecular complexity index is 991. The van der Waals surface area contributed by atoms with Gasteiger partial charge < -0.3 is 10.3 Å². The quantitative estimate of drug-likeness (QED) is 0.610. The Morgan fingerprint density at radius 1 is 1.21 bits per heavy atom. The van der Waals surface area contributed by atoms with Gasteiger partial charge in [-0.1, -0.05) is 26.0 Å². The molecular weight excluding hydrogens is 370 g/mol. The number of carbonyl (C=O) groups is 1. The molecule has 0 aliphatic carbocycles. The third-order valence-electron chi connectivity index (χ3n) is 5.08. The third kappa shape index (κ3) is 4.69. The zero-order valence-corrected chi connectivity index (χ0v) is 17.4. The van der Waals surface area contributed by atoms with Gasteiger partial charge in [-0.3, -0.25) is 14.5 Å². The van der Waals surface area contributed by atoms with Gasteiger partial charge in [0.15, 0.2) is 0 Å². The third-order valence-corrected chi connectivity index (χ3v) is 6.05. The molecule has 0 fully saturated rings. The molecular formula is C22H27N3O2S. The van der Waals surface area contributed by atoms with Crippen molar-refractivity contribution in [3.63, 3.8) is 0 Å². The number of likely N-dealkylation sites (N-methyl/N-ethyl adjacent to an activating group) is 1. The Labute approximate surface area is 169 Å². The van der Waals surface area contributed by atoms with E-state index < -0.39 is 0 Å². The number of amides is 1. The molecule has 0 spiro atoms. The van der Waals surface area contributed by atoms with Crippen molar-refractivity contribution >= 4 is 28.1 Å². The second-order valence-corrected chi connectivity index (χ2v) is 7.92. The van der Waals surface area contributed by atoms with Crippen LogP contribution in [0.5, 0.6) is 0 Å². The molecule has 2 aromatic heterocycles. The minimum Gasteiger partial charge on any atom is -0.354 e. The number of aryl methyl sites for hydroxylation is 1. The Morgan fingerprint density at radius 2 is 2.00 bits per heavy atom. The van der Waals surface area contributed by atoms with Crippen LogP contribution in [0.1, 0.15) is 35.9 Å². The van der Waals surface area contributed by atoms with E-state index in [2.05, 4.69) is 46.6 Å².